The molecular formula is C14H16BrN3OS2. The van der Waals surface area contributed by atoms with Crippen LogP contribution < -0.4 is 0 Å². The van der Waals surface area contributed by atoms with Gasteiger partial charge in [-0.2, -0.15) is 5.10 Å². The first kappa shape index (κ1) is 15.3. The van der Waals surface area contributed by atoms with Gasteiger partial charge in [0.15, 0.2) is 4.77 Å². The number of H-pyrrole nitrogens is 1. The number of nitrogens with zero attached hydrogens (tertiary/aromatic N) is 2. The number of ether oxygens (including phenoxy) is 1. The minimum Gasteiger partial charge on any atom is -0.376 e. The third-order valence-corrected chi connectivity index (χ3v) is 5.28. The van der Waals surface area contributed by atoms with Gasteiger partial charge in [-0.25, -0.2) is 0 Å². The lowest BCUT2D eigenvalue weighted by Crippen LogP contribution is -2.16. The Morgan fingerprint density at radius 2 is 2.24 bits per heavy atom. The van der Waals surface area contributed by atoms with Crippen molar-refractivity contribution in [3.63, 3.8) is 0 Å². The Kier molecular flexibility index (Phi) is 5.15. The Balaban J connectivity index is 1.67. The second kappa shape index (κ2) is 7.09. The highest BCUT2D eigenvalue weighted by atomic mass is 79.9. The Bertz CT molecular complexity index is 647. The summed E-state index contributed by atoms with van der Waals surface area (Å²) in [5.74, 6) is 1.77. The summed E-state index contributed by atoms with van der Waals surface area (Å²) in [5, 5.41) is 7.25. The maximum absolute atomic E-state index is 5.69. The molecule has 1 aliphatic rings. The number of hydrogen-bond acceptors (Lipinski definition) is 4. The van der Waals surface area contributed by atoms with Crippen LogP contribution in [0.2, 0.25) is 0 Å². The third kappa shape index (κ3) is 3.97. The Hall–Kier alpha value is -0.630. The molecule has 1 atom stereocenters. The Morgan fingerprint density at radius 1 is 1.43 bits per heavy atom. The highest BCUT2D eigenvalue weighted by Crippen LogP contribution is 2.24. The van der Waals surface area contributed by atoms with Crippen LogP contribution in [0.3, 0.4) is 0 Å². The number of thioether (sulfide) groups is 1. The lowest BCUT2D eigenvalue weighted by atomic mass is 10.2. The van der Waals surface area contributed by atoms with Crippen molar-refractivity contribution in [3.05, 3.63) is 39.3 Å². The first-order valence-electron chi connectivity index (χ1n) is 6.86. The molecule has 0 saturated carbocycles. The van der Waals surface area contributed by atoms with E-state index in [0.717, 1.165) is 42.0 Å². The van der Waals surface area contributed by atoms with Gasteiger partial charge in [0.25, 0.3) is 0 Å². The summed E-state index contributed by atoms with van der Waals surface area (Å²) in [6.45, 7) is 1.66. The molecule has 1 fully saturated rings. The van der Waals surface area contributed by atoms with E-state index < -0.39 is 0 Å². The Morgan fingerprint density at radius 3 is 2.95 bits per heavy atom. The fourth-order valence-electron chi connectivity index (χ4n) is 2.32. The van der Waals surface area contributed by atoms with Crippen molar-refractivity contribution in [3.8, 4) is 0 Å². The molecule has 1 aromatic carbocycles. The quantitative estimate of drug-likeness (QED) is 0.619. The molecule has 7 heteroatoms. The van der Waals surface area contributed by atoms with Crippen LogP contribution in [0, 0.1) is 4.77 Å². The molecule has 0 unspecified atom stereocenters. The number of rotatable bonds is 5. The van der Waals surface area contributed by atoms with E-state index >= 15 is 0 Å². The van der Waals surface area contributed by atoms with Crippen molar-refractivity contribution in [2.24, 2.45) is 0 Å². The predicted molar refractivity (Wildman–Crippen MR) is 90.1 cm³/mol. The van der Waals surface area contributed by atoms with E-state index in [-0.39, 0.29) is 6.10 Å². The maximum Gasteiger partial charge on any atom is 0.195 e. The second-order valence-electron chi connectivity index (χ2n) is 4.93. The largest absolute Gasteiger partial charge is 0.376 e. The number of aromatic amines is 1. The molecule has 4 nitrogen and oxygen atoms in total. The van der Waals surface area contributed by atoms with E-state index in [1.54, 1.807) is 11.8 Å². The lowest BCUT2D eigenvalue weighted by molar-refractivity contribution is 0.0960. The van der Waals surface area contributed by atoms with Crippen molar-refractivity contribution < 1.29 is 4.74 Å². The van der Waals surface area contributed by atoms with Crippen molar-refractivity contribution in [2.45, 2.75) is 36.1 Å². The maximum atomic E-state index is 5.69. The molecule has 1 aliphatic heterocycles. The van der Waals surface area contributed by atoms with Crippen LogP contribution in [-0.2, 0) is 17.0 Å². The van der Waals surface area contributed by atoms with Crippen molar-refractivity contribution in [2.75, 3.05) is 6.61 Å². The molecule has 0 spiro atoms. The number of benzene rings is 1. The summed E-state index contributed by atoms with van der Waals surface area (Å²) in [7, 11) is 0. The zero-order valence-corrected chi connectivity index (χ0v) is 14.6. The number of halogens is 1. The second-order valence-corrected chi connectivity index (χ2v) is 7.28. The summed E-state index contributed by atoms with van der Waals surface area (Å²) in [4.78, 5) is 1.22. The smallest absolute Gasteiger partial charge is 0.195 e. The van der Waals surface area contributed by atoms with Gasteiger partial charge in [0.05, 0.1) is 18.4 Å². The van der Waals surface area contributed by atoms with Crippen LogP contribution in [-0.4, -0.2) is 27.5 Å². The summed E-state index contributed by atoms with van der Waals surface area (Å²) in [5.41, 5.74) is 0. The summed E-state index contributed by atoms with van der Waals surface area (Å²) in [6, 6.07) is 8.29. The molecule has 1 N–H and O–H groups in total. The summed E-state index contributed by atoms with van der Waals surface area (Å²) >= 11 is 10.5. The van der Waals surface area contributed by atoms with E-state index in [2.05, 4.69) is 42.8 Å². The van der Waals surface area contributed by atoms with E-state index in [9.17, 15) is 0 Å². The molecule has 0 amide bonds. The fraction of sp³-hybridized carbons (Fsp3) is 0.429. The van der Waals surface area contributed by atoms with Crippen LogP contribution in [0.5, 0.6) is 0 Å². The first-order valence-corrected chi connectivity index (χ1v) is 9.05. The summed E-state index contributed by atoms with van der Waals surface area (Å²) in [6.07, 6.45) is 2.51. The van der Waals surface area contributed by atoms with Crippen LogP contribution >= 0.6 is 39.9 Å². The minimum atomic E-state index is 0.269. The van der Waals surface area contributed by atoms with Gasteiger partial charge in [0.1, 0.15) is 5.82 Å². The molecular weight excluding hydrogens is 370 g/mol. The molecule has 0 radical (unpaired) electrons. The molecule has 21 heavy (non-hydrogen) atoms. The minimum absolute atomic E-state index is 0.269. The van der Waals surface area contributed by atoms with E-state index in [4.69, 9.17) is 17.0 Å². The van der Waals surface area contributed by atoms with Gasteiger partial charge in [0.2, 0.25) is 0 Å². The molecule has 0 aliphatic carbocycles. The van der Waals surface area contributed by atoms with Gasteiger partial charge in [-0.05, 0) is 49.3 Å². The van der Waals surface area contributed by atoms with Crippen LogP contribution in [0.15, 0.2) is 33.6 Å². The van der Waals surface area contributed by atoms with Gasteiger partial charge < -0.3 is 9.30 Å². The molecule has 3 rings (SSSR count). The van der Waals surface area contributed by atoms with Crippen molar-refractivity contribution in [1.29, 1.82) is 0 Å². The average molecular weight is 386 g/mol. The average Bonchev–Trinajstić information content (AvgIpc) is 3.11. The molecule has 2 heterocycles. The molecule has 112 valence electrons. The standard InChI is InChI=1S/C14H16BrN3OS2/c15-10-3-5-12(6-4-10)21-9-13-16-17-14(20)18(13)8-11-2-1-7-19-11/h3-6,11H,1-2,7-9H2,(H,17,20)/t11-/m1/s1. The highest BCUT2D eigenvalue weighted by molar-refractivity contribution is 9.10. The van der Waals surface area contributed by atoms with Crippen LogP contribution in [0.4, 0.5) is 0 Å². The van der Waals surface area contributed by atoms with E-state index in [1.165, 1.54) is 4.90 Å². The summed E-state index contributed by atoms with van der Waals surface area (Å²) < 4.78 is 9.53. The third-order valence-electron chi connectivity index (χ3n) is 3.43. The van der Waals surface area contributed by atoms with Crippen molar-refractivity contribution >= 4 is 39.9 Å². The van der Waals surface area contributed by atoms with Gasteiger partial charge in [-0.15, -0.1) is 11.8 Å². The van der Waals surface area contributed by atoms with E-state index in [1.807, 2.05) is 12.1 Å². The number of nitrogens with one attached hydrogen (secondary N) is 1. The topological polar surface area (TPSA) is 42.8 Å². The fourth-order valence-corrected chi connectivity index (χ4v) is 3.65. The zero-order chi connectivity index (χ0) is 14.7. The van der Waals surface area contributed by atoms with E-state index in [0.29, 0.717) is 4.77 Å². The lowest BCUT2D eigenvalue weighted by Gasteiger charge is -2.12. The van der Waals surface area contributed by atoms with Crippen molar-refractivity contribution in [1.82, 2.24) is 14.8 Å². The molecule has 2 aromatic rings. The predicted octanol–water partition coefficient (Wildman–Crippen LogP) is 4.17. The van der Waals surface area contributed by atoms with Crippen LogP contribution in [0.1, 0.15) is 18.7 Å². The zero-order valence-electron chi connectivity index (χ0n) is 11.4. The van der Waals surface area contributed by atoms with Gasteiger partial charge in [0, 0.05) is 16.0 Å². The van der Waals surface area contributed by atoms with Gasteiger partial charge in [-0.1, -0.05) is 15.9 Å². The van der Waals surface area contributed by atoms with Gasteiger partial charge >= 0.3 is 0 Å². The number of aromatic nitrogens is 3. The number of hydrogen-bond donors (Lipinski definition) is 1. The molecule has 1 aromatic heterocycles. The molecule has 0 bridgehead atoms. The van der Waals surface area contributed by atoms with Crippen LogP contribution in [0.25, 0.3) is 0 Å². The van der Waals surface area contributed by atoms with Gasteiger partial charge in [-0.3, -0.25) is 5.10 Å². The monoisotopic (exact) mass is 385 g/mol. The highest BCUT2D eigenvalue weighted by Gasteiger charge is 2.18. The normalized spacial score (nSPS) is 18.2. The first-order chi connectivity index (χ1) is 10.2. The molecule has 1 saturated heterocycles. The SMILES string of the molecule is S=c1[nH]nc(CSc2ccc(Br)cc2)n1C[C@H]1CCCO1. The Labute approximate surface area is 141 Å².